The third-order valence-corrected chi connectivity index (χ3v) is 4.02. The van der Waals surface area contributed by atoms with Crippen molar-refractivity contribution in [1.82, 2.24) is 15.6 Å². The molecule has 10 heteroatoms. The quantitative estimate of drug-likeness (QED) is 0.700. The second-order valence-corrected chi connectivity index (χ2v) is 5.94. The Kier molecular flexibility index (Phi) is 13.5. The molecule has 1 aromatic heterocycles. The van der Waals surface area contributed by atoms with E-state index < -0.39 is 0 Å². The summed E-state index contributed by atoms with van der Waals surface area (Å²) in [6.45, 7) is 0. The molecule has 0 unspecified atom stereocenters. The molecule has 0 aliphatic heterocycles. The number of nitrogens with one attached hydrogen (secondary N) is 3. The predicted octanol–water partition coefficient (Wildman–Crippen LogP) is 1.23. The van der Waals surface area contributed by atoms with Crippen LogP contribution >= 0.6 is 13.5 Å². The summed E-state index contributed by atoms with van der Waals surface area (Å²) in [4.78, 5) is 15.9. The van der Waals surface area contributed by atoms with Crippen LogP contribution in [0, 0.1) is 11.7 Å². The molecule has 1 saturated carbocycles. The fraction of sp³-hybridized carbons (Fsp3) is 0.529. The van der Waals surface area contributed by atoms with Crippen LogP contribution in [0.5, 0.6) is 0 Å². The molecule has 158 valence electrons. The summed E-state index contributed by atoms with van der Waals surface area (Å²) in [6, 6.07) is 4.95. The van der Waals surface area contributed by atoms with Crippen LogP contribution in [0.1, 0.15) is 27.1 Å². The van der Waals surface area contributed by atoms with Crippen LogP contribution in [-0.2, 0) is 4.79 Å². The lowest BCUT2D eigenvalue weighted by Gasteiger charge is -2.27. The van der Waals surface area contributed by atoms with Crippen molar-refractivity contribution in [3.05, 3.63) is 24.0 Å². The van der Waals surface area contributed by atoms with Crippen LogP contribution < -0.4 is 16.0 Å². The van der Waals surface area contributed by atoms with Gasteiger partial charge in [-0.25, -0.2) is 4.39 Å². The number of hydrogen-bond donors (Lipinski definition) is 3. The van der Waals surface area contributed by atoms with Gasteiger partial charge in [0.25, 0.3) is 6.01 Å². The van der Waals surface area contributed by atoms with E-state index in [1.54, 1.807) is 13.1 Å². The van der Waals surface area contributed by atoms with Crippen LogP contribution in [0.2, 0.25) is 0 Å². The summed E-state index contributed by atoms with van der Waals surface area (Å²) in [6.07, 6.45) is 3.49. The Morgan fingerprint density at radius 1 is 1.19 bits per heavy atom. The number of oxazole rings is 1. The van der Waals surface area contributed by atoms with Crippen LogP contribution in [0.4, 0.5) is 10.4 Å². The van der Waals surface area contributed by atoms with E-state index in [1.165, 1.54) is 12.1 Å². The molecule has 8 nitrogen and oxygen atoms in total. The van der Waals surface area contributed by atoms with Gasteiger partial charge in [0.2, 0.25) is 5.91 Å². The summed E-state index contributed by atoms with van der Waals surface area (Å²) >= 11 is 0. The van der Waals surface area contributed by atoms with E-state index in [4.69, 9.17) is 4.42 Å². The molecule has 2 aromatic rings. The second-order valence-electron chi connectivity index (χ2n) is 5.94. The van der Waals surface area contributed by atoms with Gasteiger partial charge in [0.1, 0.15) is 11.3 Å². The standard InChI is InChI=1S/C15H18FN3O2.C2H7N.2H2O.H2S.H2/c1-17-14(20)9-2-5-11(6-3-9)18-15-19-12-7-4-10(16)8-13(12)21-15;1-3-2;;;;/h4,7-9,11H,2-3,5-6H2,1H3,(H,17,20)(H,18,19);3H,1-2H3;3*1H2;1H. The zero-order valence-electron chi connectivity index (χ0n) is 15.9. The summed E-state index contributed by atoms with van der Waals surface area (Å²) in [5.74, 6) is -0.118. The highest BCUT2D eigenvalue weighted by atomic mass is 32.1. The van der Waals surface area contributed by atoms with Crippen molar-refractivity contribution >= 4 is 36.5 Å². The summed E-state index contributed by atoms with van der Waals surface area (Å²) in [5.41, 5.74) is 1.08. The molecule has 1 heterocycles. The van der Waals surface area contributed by atoms with Gasteiger partial charge in [0.05, 0.1) is 0 Å². The molecule has 0 saturated heterocycles. The van der Waals surface area contributed by atoms with Gasteiger partial charge >= 0.3 is 0 Å². The Morgan fingerprint density at radius 2 is 1.78 bits per heavy atom. The predicted molar refractivity (Wildman–Crippen MR) is 112 cm³/mol. The topological polar surface area (TPSA) is 142 Å². The van der Waals surface area contributed by atoms with Gasteiger partial charge in [-0.15, -0.1) is 0 Å². The van der Waals surface area contributed by atoms with Crippen molar-refractivity contribution in [2.45, 2.75) is 31.7 Å². The number of carbonyl (C=O) groups is 1. The lowest BCUT2D eigenvalue weighted by Crippen LogP contribution is -2.34. The summed E-state index contributed by atoms with van der Waals surface area (Å²) < 4.78 is 18.6. The van der Waals surface area contributed by atoms with Gasteiger partial charge in [-0.2, -0.15) is 18.5 Å². The van der Waals surface area contributed by atoms with E-state index in [2.05, 4.69) is 20.9 Å². The maximum Gasteiger partial charge on any atom is 0.295 e. The van der Waals surface area contributed by atoms with Crippen molar-refractivity contribution in [2.24, 2.45) is 5.92 Å². The molecule has 7 N–H and O–H groups in total. The van der Waals surface area contributed by atoms with Crippen molar-refractivity contribution < 1.29 is 26.0 Å². The lowest BCUT2D eigenvalue weighted by molar-refractivity contribution is -0.125. The highest BCUT2D eigenvalue weighted by molar-refractivity contribution is 7.59. The van der Waals surface area contributed by atoms with Gasteiger partial charge in [-0.3, -0.25) is 4.79 Å². The zero-order valence-corrected chi connectivity index (χ0v) is 16.9. The molecule has 1 fully saturated rings. The molecule has 0 atom stereocenters. The van der Waals surface area contributed by atoms with Crippen molar-refractivity contribution in [1.29, 1.82) is 0 Å². The highest BCUT2D eigenvalue weighted by Gasteiger charge is 2.26. The number of anilines is 1. The first-order valence-corrected chi connectivity index (χ1v) is 8.20. The molecular weight excluding hydrogens is 375 g/mol. The Bertz CT molecular complexity index is 684. The van der Waals surface area contributed by atoms with E-state index in [-0.39, 0.29) is 49.6 Å². The minimum atomic E-state index is -0.337. The van der Waals surface area contributed by atoms with Crippen LogP contribution in [0.15, 0.2) is 22.6 Å². The number of halogens is 1. The monoisotopic (exact) mass is 408 g/mol. The SMILES string of the molecule is CNC.CNC(=O)C1CCC(Nc2nc3ccc(F)cc3o2)CC1.O.O.S.[HH]. The smallest absolute Gasteiger partial charge is 0.295 e. The average Bonchev–Trinajstić information content (AvgIpc) is 2.97. The molecule has 0 spiro atoms. The van der Waals surface area contributed by atoms with E-state index >= 15 is 0 Å². The number of amides is 1. The number of carbonyl (C=O) groups excluding carboxylic acids is 1. The maximum absolute atomic E-state index is 13.1. The third-order valence-electron chi connectivity index (χ3n) is 4.02. The number of rotatable bonds is 3. The number of aromatic nitrogens is 1. The van der Waals surface area contributed by atoms with Crippen molar-refractivity contribution in [3.63, 3.8) is 0 Å². The molecule has 1 aromatic carbocycles. The van der Waals surface area contributed by atoms with E-state index in [9.17, 15) is 9.18 Å². The van der Waals surface area contributed by atoms with E-state index in [0.29, 0.717) is 17.1 Å². The Morgan fingerprint density at radius 3 is 2.33 bits per heavy atom. The molecule has 27 heavy (non-hydrogen) atoms. The minimum Gasteiger partial charge on any atom is -0.423 e. The van der Waals surface area contributed by atoms with Crippen LogP contribution in [0.25, 0.3) is 11.1 Å². The van der Waals surface area contributed by atoms with Crippen molar-refractivity contribution in [3.8, 4) is 0 Å². The van der Waals surface area contributed by atoms with Gasteiger partial charge in [-0.1, -0.05) is 0 Å². The molecule has 1 aliphatic carbocycles. The molecular formula is C17H33FN4O4S. The number of hydrogen-bond acceptors (Lipinski definition) is 5. The fourth-order valence-corrected chi connectivity index (χ4v) is 2.84. The minimum absolute atomic E-state index is 0. The Labute approximate surface area is 166 Å². The van der Waals surface area contributed by atoms with E-state index in [0.717, 1.165) is 25.7 Å². The third kappa shape index (κ3) is 7.71. The number of benzene rings is 1. The zero-order chi connectivity index (χ0) is 17.5. The number of nitrogens with zero attached hydrogens (tertiary/aromatic N) is 1. The van der Waals surface area contributed by atoms with Gasteiger partial charge in [-0.05, 0) is 51.9 Å². The maximum atomic E-state index is 13.1. The normalized spacial score (nSPS) is 17.9. The van der Waals surface area contributed by atoms with Gasteiger partial charge in [0.15, 0.2) is 5.58 Å². The van der Waals surface area contributed by atoms with Crippen LogP contribution in [0.3, 0.4) is 0 Å². The van der Waals surface area contributed by atoms with Gasteiger partial charge < -0.3 is 31.3 Å². The molecule has 1 aliphatic rings. The fourth-order valence-electron chi connectivity index (χ4n) is 2.84. The lowest BCUT2D eigenvalue weighted by atomic mass is 9.85. The molecule has 3 rings (SSSR count). The average molecular weight is 409 g/mol. The Balaban J connectivity index is -0.000000841. The Hall–Kier alpha value is -1.88. The number of fused-ring (bicyclic) bond motifs is 1. The first-order valence-electron chi connectivity index (χ1n) is 8.20. The summed E-state index contributed by atoms with van der Waals surface area (Å²) in [7, 11) is 5.42. The molecule has 0 bridgehead atoms. The van der Waals surface area contributed by atoms with Crippen molar-refractivity contribution in [2.75, 3.05) is 26.5 Å². The molecule has 1 amide bonds. The largest absolute Gasteiger partial charge is 0.423 e. The first kappa shape index (κ1) is 27.3. The summed E-state index contributed by atoms with van der Waals surface area (Å²) in [5, 5.41) is 8.68. The van der Waals surface area contributed by atoms with Gasteiger partial charge in [0, 0.05) is 26.5 Å². The first-order chi connectivity index (χ1) is 11.6. The molecule has 0 radical (unpaired) electrons. The second kappa shape index (κ2) is 13.3. The van der Waals surface area contributed by atoms with Crippen LogP contribution in [-0.4, -0.2) is 49.0 Å². The van der Waals surface area contributed by atoms with E-state index in [1.807, 2.05) is 14.1 Å². The highest BCUT2D eigenvalue weighted by Crippen LogP contribution is 2.28.